The SMILES string of the molecule is COc1cnn(C)c1C(F)F. The third-order valence-corrected chi connectivity index (χ3v) is 1.38. The molecule has 0 atom stereocenters. The van der Waals surface area contributed by atoms with Gasteiger partial charge in [-0.25, -0.2) is 8.78 Å². The summed E-state index contributed by atoms with van der Waals surface area (Å²) >= 11 is 0. The van der Waals surface area contributed by atoms with E-state index in [1.54, 1.807) is 0 Å². The number of hydrogen-bond acceptors (Lipinski definition) is 2. The minimum atomic E-state index is -2.54. The molecule has 0 aliphatic carbocycles. The van der Waals surface area contributed by atoms with Gasteiger partial charge < -0.3 is 4.74 Å². The smallest absolute Gasteiger partial charge is 0.283 e. The first kappa shape index (κ1) is 7.97. The average Bonchev–Trinajstić information content (AvgIpc) is 2.30. The van der Waals surface area contributed by atoms with Crippen molar-refractivity contribution in [2.45, 2.75) is 6.43 Å². The molecule has 62 valence electrons. The fourth-order valence-corrected chi connectivity index (χ4v) is 0.833. The van der Waals surface area contributed by atoms with E-state index in [4.69, 9.17) is 0 Å². The third kappa shape index (κ3) is 1.31. The lowest BCUT2D eigenvalue weighted by atomic mass is 10.4. The summed E-state index contributed by atoms with van der Waals surface area (Å²) in [6, 6.07) is 0. The zero-order chi connectivity index (χ0) is 8.43. The van der Waals surface area contributed by atoms with Crippen LogP contribution in [0.15, 0.2) is 6.20 Å². The van der Waals surface area contributed by atoms with Gasteiger partial charge in [-0.1, -0.05) is 0 Å². The molecule has 0 saturated heterocycles. The monoisotopic (exact) mass is 162 g/mol. The Morgan fingerprint density at radius 2 is 2.27 bits per heavy atom. The van der Waals surface area contributed by atoms with Crippen LogP contribution in [0.1, 0.15) is 12.1 Å². The van der Waals surface area contributed by atoms with Gasteiger partial charge in [0.15, 0.2) is 5.75 Å². The van der Waals surface area contributed by atoms with E-state index in [0.29, 0.717) is 0 Å². The number of ether oxygens (including phenoxy) is 1. The van der Waals surface area contributed by atoms with E-state index >= 15 is 0 Å². The van der Waals surface area contributed by atoms with Gasteiger partial charge in [-0.2, -0.15) is 5.10 Å². The normalized spacial score (nSPS) is 10.6. The summed E-state index contributed by atoms with van der Waals surface area (Å²) in [6.07, 6.45) is -1.28. The maximum Gasteiger partial charge on any atom is 0.283 e. The number of halogens is 2. The van der Waals surface area contributed by atoms with Crippen molar-refractivity contribution in [2.75, 3.05) is 7.11 Å². The highest BCUT2D eigenvalue weighted by molar-refractivity contribution is 5.25. The molecule has 0 saturated carbocycles. The van der Waals surface area contributed by atoms with E-state index in [2.05, 4.69) is 9.84 Å². The van der Waals surface area contributed by atoms with Gasteiger partial charge in [-0.15, -0.1) is 0 Å². The molecule has 0 radical (unpaired) electrons. The topological polar surface area (TPSA) is 27.1 Å². The number of alkyl halides is 2. The van der Waals surface area contributed by atoms with Crippen molar-refractivity contribution >= 4 is 0 Å². The van der Waals surface area contributed by atoms with E-state index in [-0.39, 0.29) is 11.4 Å². The highest BCUT2D eigenvalue weighted by atomic mass is 19.3. The van der Waals surface area contributed by atoms with Gasteiger partial charge in [0, 0.05) is 7.05 Å². The van der Waals surface area contributed by atoms with Crippen LogP contribution >= 0.6 is 0 Å². The molecule has 1 rings (SSSR count). The molecule has 1 heterocycles. The molecule has 1 aromatic heterocycles. The van der Waals surface area contributed by atoms with Crippen molar-refractivity contribution in [1.29, 1.82) is 0 Å². The fraction of sp³-hybridized carbons (Fsp3) is 0.500. The Bertz CT molecular complexity index is 247. The molecule has 5 heteroatoms. The standard InChI is InChI=1S/C6H8F2N2O/c1-10-5(6(7)8)4(11-2)3-9-10/h3,6H,1-2H3. The molecular weight excluding hydrogens is 154 g/mol. The second-order valence-corrected chi connectivity index (χ2v) is 2.02. The molecule has 0 aliphatic rings. The maximum atomic E-state index is 12.2. The summed E-state index contributed by atoms with van der Waals surface area (Å²) in [5, 5.41) is 3.62. The Kier molecular flexibility index (Phi) is 2.07. The molecule has 0 bridgehead atoms. The first-order valence-corrected chi connectivity index (χ1v) is 3.01. The number of methoxy groups -OCH3 is 1. The molecule has 0 unspecified atom stereocenters. The molecule has 0 amide bonds. The Morgan fingerprint density at radius 3 is 2.64 bits per heavy atom. The number of aryl methyl sites for hydroxylation is 1. The number of aromatic nitrogens is 2. The Hall–Kier alpha value is -1.13. The summed E-state index contributed by atoms with van der Waals surface area (Å²) in [4.78, 5) is 0. The van der Waals surface area contributed by atoms with Gasteiger partial charge in [0.25, 0.3) is 6.43 Å². The summed E-state index contributed by atoms with van der Waals surface area (Å²) in [6.45, 7) is 0. The Labute approximate surface area is 62.6 Å². The van der Waals surface area contributed by atoms with Crippen molar-refractivity contribution in [3.05, 3.63) is 11.9 Å². The Balaban J connectivity index is 3.07. The van der Waals surface area contributed by atoms with E-state index in [0.717, 1.165) is 4.68 Å². The van der Waals surface area contributed by atoms with Crippen molar-refractivity contribution in [3.8, 4) is 5.75 Å². The van der Waals surface area contributed by atoms with Gasteiger partial charge in [-0.05, 0) is 0 Å². The molecule has 1 aromatic rings. The quantitative estimate of drug-likeness (QED) is 0.656. The van der Waals surface area contributed by atoms with Crippen LogP contribution in [0.3, 0.4) is 0 Å². The minimum absolute atomic E-state index is 0.127. The van der Waals surface area contributed by atoms with Crippen LogP contribution < -0.4 is 4.74 Å². The van der Waals surface area contributed by atoms with Gasteiger partial charge in [0.2, 0.25) is 0 Å². The number of rotatable bonds is 2. The van der Waals surface area contributed by atoms with Gasteiger partial charge in [0.1, 0.15) is 5.69 Å². The summed E-state index contributed by atoms with van der Waals surface area (Å²) < 4.78 is 30.1. The van der Waals surface area contributed by atoms with Crippen LogP contribution in [0.25, 0.3) is 0 Å². The molecule has 0 aromatic carbocycles. The van der Waals surface area contributed by atoms with Crippen molar-refractivity contribution < 1.29 is 13.5 Å². The van der Waals surface area contributed by atoms with Gasteiger partial charge in [0.05, 0.1) is 13.3 Å². The van der Waals surface area contributed by atoms with E-state index < -0.39 is 6.43 Å². The summed E-state index contributed by atoms with van der Waals surface area (Å²) in [5.41, 5.74) is -0.187. The molecule has 0 N–H and O–H groups in total. The van der Waals surface area contributed by atoms with Crippen molar-refractivity contribution in [2.24, 2.45) is 7.05 Å². The van der Waals surface area contributed by atoms with Crippen LogP contribution in [0.2, 0.25) is 0 Å². The third-order valence-electron chi connectivity index (χ3n) is 1.38. The molecule has 0 aliphatic heterocycles. The second kappa shape index (κ2) is 2.86. The van der Waals surface area contributed by atoms with Gasteiger partial charge in [-0.3, -0.25) is 4.68 Å². The Morgan fingerprint density at radius 1 is 1.64 bits per heavy atom. The van der Waals surface area contributed by atoms with Crippen LogP contribution in [0.4, 0.5) is 8.78 Å². The first-order valence-electron chi connectivity index (χ1n) is 3.01. The van der Waals surface area contributed by atoms with Crippen LogP contribution in [0.5, 0.6) is 5.75 Å². The van der Waals surface area contributed by atoms with Crippen LogP contribution in [-0.4, -0.2) is 16.9 Å². The molecule has 3 nitrogen and oxygen atoms in total. The molecular formula is C6H8F2N2O. The largest absolute Gasteiger partial charge is 0.493 e. The minimum Gasteiger partial charge on any atom is -0.493 e. The van der Waals surface area contributed by atoms with E-state index in [1.165, 1.54) is 20.4 Å². The molecule has 0 fully saturated rings. The number of nitrogens with zero attached hydrogens (tertiary/aromatic N) is 2. The summed E-state index contributed by atoms with van der Waals surface area (Å²) in [5.74, 6) is 0.127. The van der Waals surface area contributed by atoms with Crippen LogP contribution in [-0.2, 0) is 7.05 Å². The first-order chi connectivity index (χ1) is 5.16. The lowest BCUT2D eigenvalue weighted by molar-refractivity contribution is 0.136. The predicted molar refractivity (Wildman–Crippen MR) is 34.7 cm³/mol. The van der Waals surface area contributed by atoms with Crippen LogP contribution in [0, 0.1) is 0 Å². The van der Waals surface area contributed by atoms with E-state index in [1.807, 2.05) is 0 Å². The predicted octanol–water partition coefficient (Wildman–Crippen LogP) is 1.37. The van der Waals surface area contributed by atoms with Gasteiger partial charge >= 0.3 is 0 Å². The van der Waals surface area contributed by atoms with Crippen molar-refractivity contribution in [3.63, 3.8) is 0 Å². The summed E-state index contributed by atoms with van der Waals surface area (Å²) in [7, 11) is 2.78. The zero-order valence-corrected chi connectivity index (χ0v) is 6.21. The lowest BCUT2D eigenvalue weighted by Crippen LogP contribution is -1.99. The zero-order valence-electron chi connectivity index (χ0n) is 6.21. The highest BCUT2D eigenvalue weighted by Gasteiger charge is 2.18. The highest BCUT2D eigenvalue weighted by Crippen LogP contribution is 2.27. The lowest BCUT2D eigenvalue weighted by Gasteiger charge is -2.02. The number of hydrogen-bond donors (Lipinski definition) is 0. The average molecular weight is 162 g/mol. The maximum absolute atomic E-state index is 12.2. The fourth-order valence-electron chi connectivity index (χ4n) is 0.833. The molecule has 11 heavy (non-hydrogen) atoms. The van der Waals surface area contributed by atoms with E-state index in [9.17, 15) is 8.78 Å². The second-order valence-electron chi connectivity index (χ2n) is 2.02. The molecule has 0 spiro atoms. The van der Waals surface area contributed by atoms with Crippen molar-refractivity contribution in [1.82, 2.24) is 9.78 Å².